The Morgan fingerprint density at radius 1 is 1.12 bits per heavy atom. The van der Waals surface area contributed by atoms with Gasteiger partial charge in [-0.05, 0) is 42.7 Å². The van der Waals surface area contributed by atoms with E-state index < -0.39 is 0 Å². The van der Waals surface area contributed by atoms with Crippen LogP contribution >= 0.6 is 0 Å². The molecule has 0 radical (unpaired) electrons. The highest BCUT2D eigenvalue weighted by molar-refractivity contribution is 5.70. The maximum absolute atomic E-state index is 5.20. The van der Waals surface area contributed by atoms with E-state index in [0.29, 0.717) is 12.6 Å². The van der Waals surface area contributed by atoms with Gasteiger partial charge in [-0.15, -0.1) is 0 Å². The highest BCUT2D eigenvalue weighted by atomic mass is 16.5. The fourth-order valence-corrected chi connectivity index (χ4v) is 3.43. The number of anilines is 3. The van der Waals surface area contributed by atoms with Crippen LogP contribution in [0.4, 0.5) is 17.3 Å². The molecular weight excluding hydrogens is 324 g/mol. The molecule has 0 spiro atoms. The zero-order valence-corrected chi connectivity index (χ0v) is 15.0. The average molecular weight is 346 g/mol. The molecule has 5 nitrogen and oxygen atoms in total. The molecule has 0 amide bonds. The maximum atomic E-state index is 5.20. The van der Waals surface area contributed by atoms with Gasteiger partial charge >= 0.3 is 0 Å². The Balaban J connectivity index is 1.51. The minimum atomic E-state index is 0.386. The Hall–Kier alpha value is -3.08. The van der Waals surface area contributed by atoms with E-state index in [1.54, 1.807) is 13.4 Å². The standard InChI is InChI=1S/C21H22N4O/c1-15-11-17-5-3-4-6-19(17)25(15)21-12-20(23-14-24-21)22-13-16-7-9-18(26-2)10-8-16/h3-10,12,14-15H,11,13H2,1-2H3,(H,22,23,24). The first-order chi connectivity index (χ1) is 12.7. The van der Waals surface area contributed by atoms with E-state index in [9.17, 15) is 0 Å². The Bertz CT molecular complexity index is 895. The number of hydrogen-bond acceptors (Lipinski definition) is 5. The van der Waals surface area contributed by atoms with Crippen molar-refractivity contribution in [3.8, 4) is 5.75 Å². The Labute approximate surface area is 153 Å². The number of para-hydroxylation sites is 1. The van der Waals surface area contributed by atoms with E-state index in [2.05, 4.69) is 51.4 Å². The molecule has 1 aliphatic rings. The van der Waals surface area contributed by atoms with Gasteiger partial charge in [-0.3, -0.25) is 0 Å². The number of hydrogen-bond donors (Lipinski definition) is 1. The van der Waals surface area contributed by atoms with Gasteiger partial charge in [-0.2, -0.15) is 0 Å². The molecule has 2 heterocycles. The van der Waals surface area contributed by atoms with Gasteiger partial charge in [0.05, 0.1) is 7.11 Å². The lowest BCUT2D eigenvalue weighted by molar-refractivity contribution is 0.414. The minimum Gasteiger partial charge on any atom is -0.497 e. The van der Waals surface area contributed by atoms with Gasteiger partial charge in [0.15, 0.2) is 0 Å². The summed E-state index contributed by atoms with van der Waals surface area (Å²) >= 11 is 0. The molecule has 4 rings (SSSR count). The average Bonchev–Trinajstić information content (AvgIpc) is 3.02. The molecule has 1 unspecified atom stereocenters. The first-order valence-corrected chi connectivity index (χ1v) is 8.80. The van der Waals surface area contributed by atoms with E-state index in [0.717, 1.165) is 23.8 Å². The first-order valence-electron chi connectivity index (χ1n) is 8.80. The van der Waals surface area contributed by atoms with Crippen LogP contribution in [0.5, 0.6) is 5.75 Å². The largest absolute Gasteiger partial charge is 0.497 e. The normalized spacial score (nSPS) is 15.6. The molecule has 0 bridgehead atoms. The summed E-state index contributed by atoms with van der Waals surface area (Å²) in [5.41, 5.74) is 3.78. The summed E-state index contributed by atoms with van der Waals surface area (Å²) in [5, 5.41) is 3.38. The molecule has 0 aliphatic carbocycles. The van der Waals surface area contributed by atoms with E-state index in [4.69, 9.17) is 4.74 Å². The van der Waals surface area contributed by atoms with Crippen LogP contribution < -0.4 is 15.0 Å². The number of ether oxygens (including phenoxy) is 1. The molecule has 0 saturated carbocycles. The highest BCUT2D eigenvalue weighted by Gasteiger charge is 2.27. The van der Waals surface area contributed by atoms with Gasteiger partial charge in [-0.25, -0.2) is 9.97 Å². The van der Waals surface area contributed by atoms with Crippen LogP contribution in [0, 0.1) is 0 Å². The quantitative estimate of drug-likeness (QED) is 0.751. The summed E-state index contributed by atoms with van der Waals surface area (Å²) in [6, 6.07) is 18.9. The molecule has 2 aromatic carbocycles. The number of aromatic nitrogens is 2. The van der Waals surface area contributed by atoms with Gasteiger partial charge in [0, 0.05) is 24.3 Å². The number of benzene rings is 2. The van der Waals surface area contributed by atoms with Crippen LogP contribution in [0.2, 0.25) is 0 Å². The smallest absolute Gasteiger partial charge is 0.138 e. The maximum Gasteiger partial charge on any atom is 0.138 e. The summed E-state index contributed by atoms with van der Waals surface area (Å²) in [5.74, 6) is 2.61. The third-order valence-electron chi connectivity index (χ3n) is 4.74. The summed E-state index contributed by atoms with van der Waals surface area (Å²) in [6.07, 6.45) is 2.66. The fraction of sp³-hybridized carbons (Fsp3) is 0.238. The lowest BCUT2D eigenvalue weighted by Crippen LogP contribution is -2.25. The van der Waals surface area contributed by atoms with Crippen LogP contribution in [0.25, 0.3) is 0 Å². The van der Waals surface area contributed by atoms with Crippen molar-refractivity contribution in [2.75, 3.05) is 17.3 Å². The third-order valence-corrected chi connectivity index (χ3v) is 4.74. The topological polar surface area (TPSA) is 50.3 Å². The predicted molar refractivity (Wildman–Crippen MR) is 104 cm³/mol. The Morgan fingerprint density at radius 3 is 2.73 bits per heavy atom. The zero-order valence-electron chi connectivity index (χ0n) is 15.0. The lowest BCUT2D eigenvalue weighted by Gasteiger charge is -2.24. The van der Waals surface area contributed by atoms with Gasteiger partial charge in [0.25, 0.3) is 0 Å². The number of fused-ring (bicyclic) bond motifs is 1. The van der Waals surface area contributed by atoms with Crippen LogP contribution in [0.15, 0.2) is 60.9 Å². The number of nitrogens with one attached hydrogen (secondary N) is 1. The van der Waals surface area contributed by atoms with E-state index in [1.807, 2.05) is 30.3 Å². The fourth-order valence-electron chi connectivity index (χ4n) is 3.43. The predicted octanol–water partition coefficient (Wildman–Crippen LogP) is 4.18. The second kappa shape index (κ2) is 7.04. The van der Waals surface area contributed by atoms with E-state index >= 15 is 0 Å². The Kier molecular flexibility index (Phi) is 4.44. The molecule has 0 saturated heterocycles. The molecule has 132 valence electrons. The molecule has 0 fully saturated rings. The van der Waals surface area contributed by atoms with Crippen molar-refractivity contribution < 1.29 is 4.74 Å². The summed E-state index contributed by atoms with van der Waals surface area (Å²) < 4.78 is 5.20. The zero-order chi connectivity index (χ0) is 17.9. The second-order valence-corrected chi connectivity index (χ2v) is 6.51. The summed E-state index contributed by atoms with van der Waals surface area (Å²) in [4.78, 5) is 11.2. The van der Waals surface area contributed by atoms with Gasteiger partial charge < -0.3 is 15.0 Å². The second-order valence-electron chi connectivity index (χ2n) is 6.51. The highest BCUT2D eigenvalue weighted by Crippen LogP contribution is 2.37. The van der Waals surface area contributed by atoms with Gasteiger partial charge in [0.2, 0.25) is 0 Å². The number of nitrogens with zero attached hydrogens (tertiary/aromatic N) is 3. The van der Waals surface area contributed by atoms with Gasteiger partial charge in [0.1, 0.15) is 23.7 Å². The third kappa shape index (κ3) is 3.20. The van der Waals surface area contributed by atoms with Gasteiger partial charge in [-0.1, -0.05) is 30.3 Å². The van der Waals surface area contributed by atoms with Crippen LogP contribution in [0.1, 0.15) is 18.1 Å². The van der Waals surface area contributed by atoms with Crippen LogP contribution in [0.3, 0.4) is 0 Å². The van der Waals surface area contributed by atoms with Crippen molar-refractivity contribution in [1.29, 1.82) is 0 Å². The van der Waals surface area contributed by atoms with Crippen molar-refractivity contribution in [1.82, 2.24) is 9.97 Å². The Morgan fingerprint density at radius 2 is 1.92 bits per heavy atom. The molecule has 5 heteroatoms. The van der Waals surface area contributed by atoms with Crippen LogP contribution in [-0.2, 0) is 13.0 Å². The molecule has 26 heavy (non-hydrogen) atoms. The van der Waals surface area contributed by atoms with Crippen molar-refractivity contribution in [2.24, 2.45) is 0 Å². The van der Waals surface area contributed by atoms with Crippen molar-refractivity contribution in [3.05, 3.63) is 72.1 Å². The molecule has 1 aliphatic heterocycles. The summed E-state index contributed by atoms with van der Waals surface area (Å²) in [7, 11) is 1.67. The molecule has 1 atom stereocenters. The number of rotatable bonds is 5. The molecule has 1 N–H and O–H groups in total. The summed E-state index contributed by atoms with van der Waals surface area (Å²) in [6.45, 7) is 2.93. The molecule has 3 aromatic rings. The van der Waals surface area contributed by atoms with Crippen molar-refractivity contribution in [2.45, 2.75) is 25.9 Å². The first kappa shape index (κ1) is 16.4. The van der Waals surface area contributed by atoms with E-state index in [-0.39, 0.29) is 0 Å². The van der Waals surface area contributed by atoms with Crippen molar-refractivity contribution in [3.63, 3.8) is 0 Å². The van der Waals surface area contributed by atoms with E-state index in [1.165, 1.54) is 16.8 Å². The molecule has 1 aromatic heterocycles. The monoisotopic (exact) mass is 346 g/mol. The number of methoxy groups -OCH3 is 1. The van der Waals surface area contributed by atoms with Crippen LogP contribution in [-0.4, -0.2) is 23.1 Å². The minimum absolute atomic E-state index is 0.386. The van der Waals surface area contributed by atoms with Crippen molar-refractivity contribution >= 4 is 17.3 Å². The SMILES string of the molecule is COc1ccc(CNc2cc(N3c4ccccc4CC3C)ncn2)cc1. The molecular formula is C21H22N4O. The lowest BCUT2D eigenvalue weighted by atomic mass is 10.1.